The van der Waals surface area contributed by atoms with Gasteiger partial charge in [0.1, 0.15) is 0 Å². The van der Waals surface area contributed by atoms with E-state index in [0.717, 1.165) is 13.1 Å². The van der Waals surface area contributed by atoms with Crippen LogP contribution >= 0.6 is 0 Å². The third-order valence-corrected chi connectivity index (χ3v) is 4.73. The van der Waals surface area contributed by atoms with E-state index < -0.39 is 0 Å². The van der Waals surface area contributed by atoms with Crippen molar-refractivity contribution < 1.29 is 4.74 Å². The fourth-order valence-electron chi connectivity index (χ4n) is 3.40. The van der Waals surface area contributed by atoms with Crippen molar-refractivity contribution in [2.24, 2.45) is 0 Å². The van der Waals surface area contributed by atoms with E-state index in [4.69, 9.17) is 4.74 Å². The van der Waals surface area contributed by atoms with Gasteiger partial charge in [0.2, 0.25) is 0 Å². The van der Waals surface area contributed by atoms with Crippen LogP contribution in [0.5, 0.6) is 0 Å². The van der Waals surface area contributed by atoms with Crippen LogP contribution in [0.3, 0.4) is 0 Å². The molecule has 0 unspecified atom stereocenters. The zero-order chi connectivity index (χ0) is 16.6. The summed E-state index contributed by atoms with van der Waals surface area (Å²) < 4.78 is 5.21. The summed E-state index contributed by atoms with van der Waals surface area (Å²) in [5.41, 5.74) is 4.00. The third-order valence-electron chi connectivity index (χ3n) is 4.73. The maximum absolute atomic E-state index is 5.21. The lowest BCUT2D eigenvalue weighted by Crippen LogP contribution is -2.41. The zero-order valence-corrected chi connectivity index (χ0v) is 14.6. The minimum atomic E-state index is 0.628. The number of nitrogens with one attached hydrogen (secondary N) is 1. The van der Waals surface area contributed by atoms with E-state index in [2.05, 4.69) is 64.8 Å². The predicted molar refractivity (Wildman–Crippen MR) is 98.7 cm³/mol. The van der Waals surface area contributed by atoms with Gasteiger partial charge in [-0.15, -0.1) is 0 Å². The van der Waals surface area contributed by atoms with Crippen molar-refractivity contribution in [3.8, 4) is 0 Å². The first-order valence-electron chi connectivity index (χ1n) is 8.90. The van der Waals surface area contributed by atoms with Crippen molar-refractivity contribution in [1.29, 1.82) is 0 Å². The molecule has 1 fully saturated rings. The van der Waals surface area contributed by atoms with E-state index >= 15 is 0 Å². The van der Waals surface area contributed by atoms with E-state index in [1.165, 1.54) is 42.6 Å². The molecule has 0 bridgehead atoms. The zero-order valence-electron chi connectivity index (χ0n) is 14.6. The smallest absolute Gasteiger partial charge is 0.0713 e. The molecule has 2 aromatic rings. The molecule has 3 heteroatoms. The topological polar surface area (TPSA) is 24.5 Å². The number of benzene rings is 2. The maximum atomic E-state index is 5.21. The molecule has 1 saturated heterocycles. The monoisotopic (exact) mass is 324 g/mol. The van der Waals surface area contributed by atoms with Gasteiger partial charge < -0.3 is 10.1 Å². The molecule has 0 amide bonds. The molecular formula is C21H28N2O. The average Bonchev–Trinajstić information content (AvgIpc) is 2.63. The minimum absolute atomic E-state index is 0.628. The number of hydrogen-bond acceptors (Lipinski definition) is 3. The quantitative estimate of drug-likeness (QED) is 0.842. The summed E-state index contributed by atoms with van der Waals surface area (Å²) in [5, 5.41) is 3.72. The summed E-state index contributed by atoms with van der Waals surface area (Å²) in [5.74, 6) is 0. The van der Waals surface area contributed by atoms with E-state index in [1.54, 1.807) is 7.11 Å². The second-order valence-electron chi connectivity index (χ2n) is 6.67. The fraction of sp³-hybridized carbons (Fsp3) is 0.429. The Kier molecular flexibility index (Phi) is 6.41. The molecule has 0 saturated carbocycles. The fourth-order valence-corrected chi connectivity index (χ4v) is 3.40. The van der Waals surface area contributed by atoms with E-state index in [0.29, 0.717) is 12.6 Å². The third kappa shape index (κ3) is 5.17. The number of likely N-dealkylation sites (tertiary alicyclic amines) is 1. The Balaban J connectivity index is 1.41. The van der Waals surface area contributed by atoms with Crippen LogP contribution in [-0.4, -0.2) is 31.1 Å². The highest BCUT2D eigenvalue weighted by Gasteiger charge is 2.18. The molecule has 3 nitrogen and oxygen atoms in total. The summed E-state index contributed by atoms with van der Waals surface area (Å²) in [6, 6.07) is 20.1. The lowest BCUT2D eigenvalue weighted by Gasteiger charge is -2.32. The van der Waals surface area contributed by atoms with E-state index in [-0.39, 0.29) is 0 Å². The number of hydrogen-bond donors (Lipinski definition) is 1. The summed E-state index contributed by atoms with van der Waals surface area (Å²) in [7, 11) is 1.74. The molecule has 1 aliphatic heterocycles. The second kappa shape index (κ2) is 8.97. The summed E-state index contributed by atoms with van der Waals surface area (Å²) in [6.45, 7) is 5.06. The average molecular weight is 324 g/mol. The first-order valence-corrected chi connectivity index (χ1v) is 8.90. The van der Waals surface area contributed by atoms with Gasteiger partial charge in [-0.3, -0.25) is 4.90 Å². The van der Waals surface area contributed by atoms with Crippen LogP contribution in [0.15, 0.2) is 54.6 Å². The summed E-state index contributed by atoms with van der Waals surface area (Å²) >= 11 is 0. The van der Waals surface area contributed by atoms with Gasteiger partial charge in [0.05, 0.1) is 6.61 Å². The molecule has 3 rings (SSSR count). The molecule has 0 aliphatic carbocycles. The first-order chi connectivity index (χ1) is 11.8. The van der Waals surface area contributed by atoms with Gasteiger partial charge in [-0.25, -0.2) is 0 Å². The largest absolute Gasteiger partial charge is 0.380 e. The molecule has 0 aromatic heterocycles. The second-order valence-corrected chi connectivity index (χ2v) is 6.67. The normalized spacial score (nSPS) is 16.4. The van der Waals surface area contributed by atoms with Crippen molar-refractivity contribution in [2.45, 2.75) is 38.6 Å². The van der Waals surface area contributed by atoms with Crippen LogP contribution in [-0.2, 0) is 24.4 Å². The Hall–Kier alpha value is -1.68. The van der Waals surface area contributed by atoms with Crippen molar-refractivity contribution in [2.75, 3.05) is 20.2 Å². The first kappa shape index (κ1) is 17.2. The van der Waals surface area contributed by atoms with Crippen molar-refractivity contribution in [3.63, 3.8) is 0 Å². The molecule has 0 atom stereocenters. The molecule has 0 spiro atoms. The standard InChI is InChI=1S/C21H28N2O/c1-24-17-20-9-5-8-19(14-20)15-22-21-10-12-23(13-11-21)16-18-6-3-2-4-7-18/h2-9,14,21-22H,10-13,15-17H2,1H3. The minimum Gasteiger partial charge on any atom is -0.380 e. The summed E-state index contributed by atoms with van der Waals surface area (Å²) in [6.07, 6.45) is 2.45. The molecule has 0 radical (unpaired) electrons. The molecular weight excluding hydrogens is 296 g/mol. The Bertz CT molecular complexity index is 606. The molecule has 24 heavy (non-hydrogen) atoms. The van der Waals surface area contributed by atoms with Gasteiger partial charge in [-0.2, -0.15) is 0 Å². The van der Waals surface area contributed by atoms with Gasteiger partial charge in [0.15, 0.2) is 0 Å². The lowest BCUT2D eigenvalue weighted by molar-refractivity contribution is 0.184. The number of piperidine rings is 1. The Morgan fingerprint density at radius 2 is 1.67 bits per heavy atom. The molecule has 1 heterocycles. The summed E-state index contributed by atoms with van der Waals surface area (Å²) in [4.78, 5) is 2.56. The van der Waals surface area contributed by atoms with Crippen molar-refractivity contribution >= 4 is 0 Å². The Labute approximate surface area is 145 Å². The number of nitrogens with zero attached hydrogens (tertiary/aromatic N) is 1. The highest BCUT2D eigenvalue weighted by Crippen LogP contribution is 2.15. The van der Waals surface area contributed by atoms with Crippen LogP contribution in [0.25, 0.3) is 0 Å². The Morgan fingerprint density at radius 1 is 0.958 bits per heavy atom. The van der Waals surface area contributed by atoms with Gasteiger partial charge in [-0.1, -0.05) is 54.6 Å². The highest BCUT2D eigenvalue weighted by molar-refractivity contribution is 5.23. The Morgan fingerprint density at radius 3 is 2.42 bits per heavy atom. The van der Waals surface area contributed by atoms with E-state index in [9.17, 15) is 0 Å². The van der Waals surface area contributed by atoms with Gasteiger partial charge >= 0.3 is 0 Å². The van der Waals surface area contributed by atoms with Crippen LogP contribution in [0.1, 0.15) is 29.5 Å². The molecule has 1 aliphatic rings. The SMILES string of the molecule is COCc1cccc(CNC2CCN(Cc3ccccc3)CC2)c1. The predicted octanol–water partition coefficient (Wildman–Crippen LogP) is 3.59. The molecule has 1 N–H and O–H groups in total. The lowest BCUT2D eigenvalue weighted by atomic mass is 10.0. The maximum Gasteiger partial charge on any atom is 0.0713 e. The van der Waals surface area contributed by atoms with Crippen LogP contribution in [0.4, 0.5) is 0 Å². The van der Waals surface area contributed by atoms with Crippen LogP contribution in [0.2, 0.25) is 0 Å². The van der Waals surface area contributed by atoms with E-state index in [1.807, 2.05) is 0 Å². The highest BCUT2D eigenvalue weighted by atomic mass is 16.5. The molecule has 2 aromatic carbocycles. The van der Waals surface area contributed by atoms with Crippen LogP contribution < -0.4 is 5.32 Å². The van der Waals surface area contributed by atoms with Crippen molar-refractivity contribution in [3.05, 3.63) is 71.3 Å². The van der Waals surface area contributed by atoms with Crippen molar-refractivity contribution in [1.82, 2.24) is 10.2 Å². The number of ether oxygens (including phenoxy) is 1. The number of methoxy groups -OCH3 is 1. The van der Waals surface area contributed by atoms with Gasteiger partial charge in [0.25, 0.3) is 0 Å². The van der Waals surface area contributed by atoms with Crippen LogP contribution in [0, 0.1) is 0 Å². The number of rotatable bonds is 7. The molecule has 128 valence electrons. The van der Waals surface area contributed by atoms with Gasteiger partial charge in [0, 0.05) is 26.2 Å². The van der Waals surface area contributed by atoms with Gasteiger partial charge in [-0.05, 0) is 42.6 Å².